The number of anilines is 1. The zero-order valence-corrected chi connectivity index (χ0v) is 14.7. The van der Waals surface area contributed by atoms with Crippen molar-refractivity contribution in [2.24, 2.45) is 0 Å². The molecule has 2 fully saturated rings. The smallest absolute Gasteiger partial charge is 0.409 e. The highest BCUT2D eigenvalue weighted by Crippen LogP contribution is 2.20. The molecule has 1 N–H and O–H groups in total. The van der Waals surface area contributed by atoms with E-state index in [4.69, 9.17) is 4.74 Å². The SMILES string of the molecule is CCOC(=O)N1CCN(c2ccnc(C(=O)NC3CCCC3)c2)CC1. The molecule has 136 valence electrons. The van der Waals surface area contributed by atoms with Crippen LogP contribution < -0.4 is 10.2 Å². The molecule has 25 heavy (non-hydrogen) atoms. The van der Waals surface area contributed by atoms with Crippen molar-refractivity contribution in [1.82, 2.24) is 15.2 Å². The first-order chi connectivity index (χ1) is 12.2. The lowest BCUT2D eigenvalue weighted by Crippen LogP contribution is -2.49. The van der Waals surface area contributed by atoms with Crippen molar-refractivity contribution in [3.05, 3.63) is 24.0 Å². The Morgan fingerprint density at radius 1 is 1.24 bits per heavy atom. The van der Waals surface area contributed by atoms with Gasteiger partial charge in [0.15, 0.2) is 0 Å². The number of rotatable bonds is 4. The van der Waals surface area contributed by atoms with Crippen LogP contribution in [0.3, 0.4) is 0 Å². The normalized spacial score (nSPS) is 18.3. The summed E-state index contributed by atoms with van der Waals surface area (Å²) in [5, 5.41) is 3.07. The number of hydrogen-bond donors (Lipinski definition) is 1. The molecule has 0 atom stereocenters. The average Bonchev–Trinajstić information content (AvgIpc) is 3.15. The fourth-order valence-electron chi connectivity index (χ4n) is 3.43. The van der Waals surface area contributed by atoms with Gasteiger partial charge in [-0.1, -0.05) is 12.8 Å². The molecule has 1 aliphatic carbocycles. The van der Waals surface area contributed by atoms with E-state index in [0.717, 1.165) is 18.5 Å². The summed E-state index contributed by atoms with van der Waals surface area (Å²) in [7, 11) is 0. The molecule has 7 heteroatoms. The molecule has 0 unspecified atom stereocenters. The third kappa shape index (κ3) is 4.41. The van der Waals surface area contributed by atoms with Gasteiger partial charge in [-0.25, -0.2) is 4.79 Å². The molecule has 2 amide bonds. The Morgan fingerprint density at radius 2 is 1.96 bits per heavy atom. The third-order valence-electron chi connectivity index (χ3n) is 4.84. The summed E-state index contributed by atoms with van der Waals surface area (Å²) < 4.78 is 5.04. The van der Waals surface area contributed by atoms with Crippen LogP contribution in [0.15, 0.2) is 18.3 Å². The molecule has 1 saturated carbocycles. The summed E-state index contributed by atoms with van der Waals surface area (Å²) in [5.41, 5.74) is 1.42. The van der Waals surface area contributed by atoms with E-state index in [1.807, 2.05) is 19.1 Å². The Balaban J connectivity index is 1.58. The lowest BCUT2D eigenvalue weighted by atomic mass is 10.2. The molecule has 0 radical (unpaired) electrons. The molecule has 7 nitrogen and oxygen atoms in total. The zero-order valence-electron chi connectivity index (χ0n) is 14.7. The number of nitrogens with one attached hydrogen (secondary N) is 1. The van der Waals surface area contributed by atoms with Crippen molar-refractivity contribution in [3.8, 4) is 0 Å². The molecule has 2 aliphatic rings. The molecule has 1 aromatic heterocycles. The molecular formula is C18H26N4O3. The second-order valence-corrected chi connectivity index (χ2v) is 6.53. The number of carbonyl (C=O) groups excluding carboxylic acids is 2. The topological polar surface area (TPSA) is 74.8 Å². The van der Waals surface area contributed by atoms with Crippen molar-refractivity contribution in [3.63, 3.8) is 0 Å². The average molecular weight is 346 g/mol. The Bertz CT molecular complexity index is 608. The predicted octanol–water partition coefficient (Wildman–Crippen LogP) is 2.03. The van der Waals surface area contributed by atoms with E-state index >= 15 is 0 Å². The van der Waals surface area contributed by atoms with Crippen LogP contribution in [-0.4, -0.2) is 60.7 Å². The maximum Gasteiger partial charge on any atom is 0.409 e. The largest absolute Gasteiger partial charge is 0.450 e. The number of amides is 2. The number of piperazine rings is 1. The molecular weight excluding hydrogens is 320 g/mol. The molecule has 2 heterocycles. The lowest BCUT2D eigenvalue weighted by Gasteiger charge is -2.35. The van der Waals surface area contributed by atoms with Gasteiger partial charge in [0.1, 0.15) is 5.69 Å². The van der Waals surface area contributed by atoms with E-state index in [2.05, 4.69) is 15.2 Å². The third-order valence-corrected chi connectivity index (χ3v) is 4.84. The first-order valence-electron chi connectivity index (χ1n) is 9.11. The Hall–Kier alpha value is -2.31. The quantitative estimate of drug-likeness (QED) is 0.903. The maximum absolute atomic E-state index is 12.4. The second-order valence-electron chi connectivity index (χ2n) is 6.53. The van der Waals surface area contributed by atoms with Crippen LogP contribution >= 0.6 is 0 Å². The van der Waals surface area contributed by atoms with Crippen molar-refractivity contribution in [1.29, 1.82) is 0 Å². The van der Waals surface area contributed by atoms with Crippen LogP contribution in [0.1, 0.15) is 43.1 Å². The monoisotopic (exact) mass is 346 g/mol. The van der Waals surface area contributed by atoms with Gasteiger partial charge in [0, 0.05) is 44.1 Å². The molecule has 1 aliphatic heterocycles. The van der Waals surface area contributed by atoms with Crippen LogP contribution in [0.25, 0.3) is 0 Å². The maximum atomic E-state index is 12.4. The summed E-state index contributed by atoms with van der Waals surface area (Å²) in [4.78, 5) is 32.3. The van der Waals surface area contributed by atoms with Crippen molar-refractivity contribution in [2.75, 3.05) is 37.7 Å². The fraction of sp³-hybridized carbons (Fsp3) is 0.611. The molecule has 1 saturated heterocycles. The van der Waals surface area contributed by atoms with E-state index in [-0.39, 0.29) is 18.0 Å². The number of aromatic nitrogens is 1. The summed E-state index contributed by atoms with van der Waals surface area (Å²) in [6, 6.07) is 4.03. The van der Waals surface area contributed by atoms with Gasteiger partial charge >= 0.3 is 6.09 Å². The molecule has 0 aromatic carbocycles. The van der Waals surface area contributed by atoms with Crippen molar-refractivity contribution < 1.29 is 14.3 Å². The fourth-order valence-corrected chi connectivity index (χ4v) is 3.43. The first kappa shape index (κ1) is 17.5. The Kier molecular flexibility index (Phi) is 5.73. The Labute approximate surface area is 148 Å². The highest BCUT2D eigenvalue weighted by Gasteiger charge is 2.23. The van der Waals surface area contributed by atoms with E-state index < -0.39 is 0 Å². The number of pyridine rings is 1. The van der Waals surface area contributed by atoms with Gasteiger partial charge in [0.25, 0.3) is 5.91 Å². The zero-order chi connectivity index (χ0) is 17.6. The van der Waals surface area contributed by atoms with Crippen LogP contribution in [0.5, 0.6) is 0 Å². The van der Waals surface area contributed by atoms with E-state index in [9.17, 15) is 9.59 Å². The predicted molar refractivity (Wildman–Crippen MR) is 94.8 cm³/mol. The highest BCUT2D eigenvalue weighted by molar-refractivity contribution is 5.93. The highest BCUT2D eigenvalue weighted by atomic mass is 16.6. The first-order valence-corrected chi connectivity index (χ1v) is 9.11. The molecule has 3 rings (SSSR count). The van der Waals surface area contributed by atoms with E-state index in [1.54, 1.807) is 11.1 Å². The van der Waals surface area contributed by atoms with Crippen LogP contribution in [-0.2, 0) is 4.74 Å². The van der Waals surface area contributed by atoms with Gasteiger partial charge in [-0.2, -0.15) is 0 Å². The van der Waals surface area contributed by atoms with Gasteiger partial charge < -0.3 is 19.9 Å². The number of hydrogen-bond acceptors (Lipinski definition) is 5. The molecule has 0 spiro atoms. The minimum atomic E-state index is -0.256. The summed E-state index contributed by atoms with van der Waals surface area (Å²) in [6.07, 6.45) is 5.90. The number of carbonyl (C=O) groups is 2. The van der Waals surface area contributed by atoms with E-state index in [1.165, 1.54) is 12.8 Å². The summed E-state index contributed by atoms with van der Waals surface area (Å²) in [5.74, 6) is -0.0982. The van der Waals surface area contributed by atoms with Crippen molar-refractivity contribution in [2.45, 2.75) is 38.6 Å². The van der Waals surface area contributed by atoms with E-state index in [0.29, 0.717) is 38.5 Å². The van der Waals surface area contributed by atoms with Crippen molar-refractivity contribution >= 4 is 17.7 Å². The van der Waals surface area contributed by atoms with Crippen LogP contribution in [0.2, 0.25) is 0 Å². The molecule has 1 aromatic rings. The van der Waals surface area contributed by atoms with Gasteiger partial charge in [0.05, 0.1) is 6.61 Å². The van der Waals surface area contributed by atoms with Gasteiger partial charge in [-0.15, -0.1) is 0 Å². The number of ether oxygens (including phenoxy) is 1. The van der Waals surface area contributed by atoms with Gasteiger partial charge in [-0.05, 0) is 31.9 Å². The lowest BCUT2D eigenvalue weighted by molar-refractivity contribution is 0.0932. The molecule has 0 bridgehead atoms. The van der Waals surface area contributed by atoms with Crippen LogP contribution in [0.4, 0.5) is 10.5 Å². The minimum absolute atomic E-state index is 0.0982. The summed E-state index contributed by atoms with van der Waals surface area (Å²) >= 11 is 0. The van der Waals surface area contributed by atoms with Gasteiger partial charge in [0.2, 0.25) is 0 Å². The van der Waals surface area contributed by atoms with Gasteiger partial charge in [-0.3, -0.25) is 9.78 Å². The Morgan fingerprint density at radius 3 is 2.64 bits per heavy atom. The standard InChI is InChI=1S/C18H26N4O3/c1-2-25-18(24)22-11-9-21(10-12-22)15-7-8-19-16(13-15)17(23)20-14-5-3-4-6-14/h7-8,13-14H,2-6,9-12H2,1H3,(H,20,23). The van der Waals surface area contributed by atoms with Crippen LogP contribution in [0, 0.1) is 0 Å². The second kappa shape index (κ2) is 8.18. The minimum Gasteiger partial charge on any atom is -0.450 e. The number of nitrogens with zero attached hydrogens (tertiary/aromatic N) is 3. The summed E-state index contributed by atoms with van der Waals surface area (Å²) in [6.45, 7) is 4.86.